The van der Waals surface area contributed by atoms with E-state index in [-0.39, 0.29) is 0 Å². The van der Waals surface area contributed by atoms with Crippen molar-refractivity contribution >= 4 is 11.8 Å². The van der Waals surface area contributed by atoms with Crippen LogP contribution in [0.5, 0.6) is 0 Å². The van der Waals surface area contributed by atoms with Crippen LogP contribution >= 0.6 is 11.8 Å². The van der Waals surface area contributed by atoms with E-state index in [9.17, 15) is 8.78 Å². The molecule has 2 rings (SSSR count). The van der Waals surface area contributed by atoms with E-state index in [4.69, 9.17) is 4.42 Å². The van der Waals surface area contributed by atoms with Crippen LogP contribution in [0.1, 0.15) is 18.1 Å². The van der Waals surface area contributed by atoms with Crippen molar-refractivity contribution in [1.82, 2.24) is 9.55 Å². The van der Waals surface area contributed by atoms with Crippen LogP contribution in [0.15, 0.2) is 35.2 Å². The maximum atomic E-state index is 12.5. The normalized spacial score (nSPS) is 11.2. The summed E-state index contributed by atoms with van der Waals surface area (Å²) in [6, 6.07) is 3.66. The summed E-state index contributed by atoms with van der Waals surface area (Å²) in [7, 11) is 0. The molecule has 0 N–H and O–H groups in total. The van der Waals surface area contributed by atoms with Crippen molar-refractivity contribution in [2.75, 3.05) is 0 Å². The SMILES string of the molecule is FC(F)n1ccnc1CSCc1ccco1. The highest BCUT2D eigenvalue weighted by Crippen LogP contribution is 2.20. The summed E-state index contributed by atoms with van der Waals surface area (Å²) in [4.78, 5) is 3.89. The van der Waals surface area contributed by atoms with Gasteiger partial charge in [0.1, 0.15) is 11.6 Å². The lowest BCUT2D eigenvalue weighted by atomic mass is 10.5. The van der Waals surface area contributed by atoms with Gasteiger partial charge in [0.05, 0.1) is 17.8 Å². The second-order valence-electron chi connectivity index (χ2n) is 3.10. The first kappa shape index (κ1) is 11.2. The topological polar surface area (TPSA) is 31.0 Å². The van der Waals surface area contributed by atoms with Gasteiger partial charge in [-0.05, 0) is 12.1 Å². The standard InChI is InChI=1S/C10H10F2N2OS/c11-10(12)14-4-3-13-9(14)7-16-6-8-2-1-5-15-8/h1-5,10H,6-7H2. The Morgan fingerprint density at radius 1 is 1.44 bits per heavy atom. The first-order valence-corrected chi connectivity index (χ1v) is 5.83. The monoisotopic (exact) mass is 244 g/mol. The van der Waals surface area contributed by atoms with E-state index < -0.39 is 6.55 Å². The zero-order valence-electron chi connectivity index (χ0n) is 8.35. The molecule has 2 heterocycles. The van der Waals surface area contributed by atoms with Crippen molar-refractivity contribution in [3.8, 4) is 0 Å². The van der Waals surface area contributed by atoms with Crippen LogP contribution in [0, 0.1) is 0 Å². The van der Waals surface area contributed by atoms with E-state index in [1.54, 1.807) is 12.3 Å². The Bertz CT molecular complexity index is 428. The van der Waals surface area contributed by atoms with Gasteiger partial charge in [-0.15, -0.1) is 11.8 Å². The van der Waals surface area contributed by atoms with Crippen molar-refractivity contribution in [2.24, 2.45) is 0 Å². The number of aromatic nitrogens is 2. The van der Waals surface area contributed by atoms with Crippen LogP contribution in [0.2, 0.25) is 0 Å². The van der Waals surface area contributed by atoms with Crippen LogP contribution in [0.4, 0.5) is 8.78 Å². The fourth-order valence-corrected chi connectivity index (χ4v) is 2.14. The Hall–Kier alpha value is -1.30. The molecule has 0 amide bonds. The van der Waals surface area contributed by atoms with Crippen LogP contribution in [0.3, 0.4) is 0 Å². The molecule has 2 aromatic rings. The van der Waals surface area contributed by atoms with E-state index in [1.165, 1.54) is 24.2 Å². The molecule has 3 nitrogen and oxygen atoms in total. The Morgan fingerprint density at radius 3 is 3.00 bits per heavy atom. The third-order valence-corrected chi connectivity index (χ3v) is 2.97. The van der Waals surface area contributed by atoms with E-state index in [2.05, 4.69) is 4.98 Å². The molecule has 0 aliphatic carbocycles. The average Bonchev–Trinajstić information content (AvgIpc) is 2.87. The van der Waals surface area contributed by atoms with Gasteiger partial charge >= 0.3 is 6.55 Å². The van der Waals surface area contributed by atoms with Crippen molar-refractivity contribution in [3.63, 3.8) is 0 Å². The predicted octanol–water partition coefficient (Wildman–Crippen LogP) is 3.30. The summed E-state index contributed by atoms with van der Waals surface area (Å²) in [5, 5.41) is 0. The third-order valence-electron chi connectivity index (χ3n) is 2.01. The fraction of sp³-hybridized carbons (Fsp3) is 0.300. The van der Waals surface area contributed by atoms with Crippen LogP contribution in [-0.4, -0.2) is 9.55 Å². The molecule has 86 valence electrons. The number of furan rings is 1. The summed E-state index contributed by atoms with van der Waals surface area (Å²) < 4.78 is 30.9. The predicted molar refractivity (Wildman–Crippen MR) is 57.2 cm³/mol. The molecular weight excluding hydrogens is 234 g/mol. The molecule has 0 spiro atoms. The Balaban J connectivity index is 1.87. The van der Waals surface area contributed by atoms with Crippen LogP contribution < -0.4 is 0 Å². The Morgan fingerprint density at radius 2 is 2.31 bits per heavy atom. The molecule has 0 radical (unpaired) electrons. The highest BCUT2D eigenvalue weighted by molar-refractivity contribution is 7.97. The number of hydrogen-bond donors (Lipinski definition) is 0. The number of alkyl halides is 2. The zero-order valence-corrected chi connectivity index (χ0v) is 9.16. The van der Waals surface area contributed by atoms with Gasteiger partial charge in [0.2, 0.25) is 0 Å². The van der Waals surface area contributed by atoms with Gasteiger partial charge in [0.15, 0.2) is 0 Å². The molecule has 0 aromatic carbocycles. The quantitative estimate of drug-likeness (QED) is 0.808. The Kier molecular flexibility index (Phi) is 3.61. The first-order valence-electron chi connectivity index (χ1n) is 4.67. The van der Waals surface area contributed by atoms with Gasteiger partial charge in [-0.1, -0.05) is 0 Å². The molecule has 16 heavy (non-hydrogen) atoms. The van der Waals surface area contributed by atoms with E-state index in [0.717, 1.165) is 10.3 Å². The van der Waals surface area contributed by atoms with E-state index in [1.807, 2.05) is 6.07 Å². The lowest BCUT2D eigenvalue weighted by molar-refractivity contribution is 0.0678. The molecule has 0 fully saturated rings. The average molecular weight is 244 g/mol. The van der Waals surface area contributed by atoms with Gasteiger partial charge in [-0.3, -0.25) is 4.57 Å². The van der Waals surface area contributed by atoms with Crippen LogP contribution in [0.25, 0.3) is 0 Å². The van der Waals surface area contributed by atoms with Gasteiger partial charge in [-0.25, -0.2) is 4.98 Å². The largest absolute Gasteiger partial charge is 0.468 e. The summed E-state index contributed by atoms with van der Waals surface area (Å²) in [5.41, 5.74) is 0. The number of rotatable bonds is 5. The van der Waals surface area contributed by atoms with Crippen molar-refractivity contribution in [2.45, 2.75) is 18.1 Å². The molecule has 0 atom stereocenters. The molecule has 0 unspecified atom stereocenters. The molecule has 0 saturated carbocycles. The number of thioether (sulfide) groups is 1. The lowest BCUT2D eigenvalue weighted by Gasteiger charge is -2.05. The molecule has 0 bridgehead atoms. The highest BCUT2D eigenvalue weighted by atomic mass is 32.2. The minimum absolute atomic E-state index is 0.381. The molecule has 0 aliphatic rings. The Labute approximate surface area is 95.5 Å². The lowest BCUT2D eigenvalue weighted by Crippen LogP contribution is -2.02. The van der Waals surface area contributed by atoms with Gasteiger partial charge in [0, 0.05) is 12.4 Å². The smallest absolute Gasteiger partial charge is 0.319 e. The van der Waals surface area contributed by atoms with Crippen molar-refractivity contribution in [3.05, 3.63) is 42.4 Å². The fourth-order valence-electron chi connectivity index (χ4n) is 1.27. The molecule has 0 saturated heterocycles. The van der Waals surface area contributed by atoms with Gasteiger partial charge in [0.25, 0.3) is 0 Å². The summed E-state index contributed by atoms with van der Waals surface area (Å²) in [5.74, 6) is 2.31. The van der Waals surface area contributed by atoms with Crippen molar-refractivity contribution in [1.29, 1.82) is 0 Å². The number of nitrogens with zero attached hydrogens (tertiary/aromatic N) is 2. The van der Waals surface area contributed by atoms with E-state index in [0.29, 0.717) is 17.3 Å². The summed E-state index contributed by atoms with van der Waals surface area (Å²) in [6.07, 6.45) is 4.26. The number of halogens is 2. The van der Waals surface area contributed by atoms with Gasteiger partial charge in [-0.2, -0.15) is 8.78 Å². The van der Waals surface area contributed by atoms with Gasteiger partial charge < -0.3 is 4.42 Å². The second-order valence-corrected chi connectivity index (χ2v) is 4.09. The summed E-state index contributed by atoms with van der Waals surface area (Å²) in [6.45, 7) is -2.53. The van der Waals surface area contributed by atoms with E-state index >= 15 is 0 Å². The van der Waals surface area contributed by atoms with Crippen LogP contribution in [-0.2, 0) is 11.5 Å². The molecule has 2 aromatic heterocycles. The molecular formula is C10H10F2N2OS. The number of hydrogen-bond acceptors (Lipinski definition) is 3. The minimum Gasteiger partial charge on any atom is -0.468 e. The first-order chi connectivity index (χ1) is 7.77. The second kappa shape index (κ2) is 5.16. The highest BCUT2D eigenvalue weighted by Gasteiger charge is 2.11. The maximum absolute atomic E-state index is 12.5. The molecule has 0 aliphatic heterocycles. The summed E-state index contributed by atoms with van der Waals surface area (Å²) >= 11 is 1.49. The number of imidazole rings is 1. The van der Waals surface area contributed by atoms with Crippen molar-refractivity contribution < 1.29 is 13.2 Å². The minimum atomic E-state index is -2.53. The molecule has 6 heteroatoms. The third kappa shape index (κ3) is 2.63. The maximum Gasteiger partial charge on any atom is 0.319 e. The zero-order chi connectivity index (χ0) is 11.4.